The van der Waals surface area contributed by atoms with Crippen LogP contribution >= 0.6 is 0 Å². The minimum atomic E-state index is -1.53. The zero-order chi connectivity index (χ0) is 36.7. The summed E-state index contributed by atoms with van der Waals surface area (Å²) in [6.45, 7) is 1.70. The summed E-state index contributed by atoms with van der Waals surface area (Å²) in [6.07, 6.45) is 1.83. The van der Waals surface area contributed by atoms with E-state index in [0.29, 0.717) is 85.1 Å². The van der Waals surface area contributed by atoms with E-state index in [1.54, 1.807) is 77.8 Å². The second-order valence-corrected chi connectivity index (χ2v) is 12.5. The van der Waals surface area contributed by atoms with Crippen LogP contribution in [0, 0.1) is 0 Å². The molecule has 0 amide bonds. The summed E-state index contributed by atoms with van der Waals surface area (Å²) >= 11 is 0. The van der Waals surface area contributed by atoms with Gasteiger partial charge in [-0.1, -0.05) is 0 Å². The molecule has 3 unspecified atom stereocenters. The number of carbonyl (C=O) groups is 1. The molecule has 3 atom stereocenters. The van der Waals surface area contributed by atoms with E-state index in [2.05, 4.69) is 0 Å². The molecule has 1 aliphatic carbocycles. The van der Waals surface area contributed by atoms with Gasteiger partial charge in [0.2, 0.25) is 0 Å². The van der Waals surface area contributed by atoms with Crippen LogP contribution in [0.4, 0.5) is 0 Å². The molecule has 6 rings (SSSR count). The summed E-state index contributed by atoms with van der Waals surface area (Å²) in [5.41, 5.74) is 0.253. The first-order valence-electron chi connectivity index (χ1n) is 16.2. The van der Waals surface area contributed by atoms with Crippen molar-refractivity contribution in [2.24, 2.45) is 0 Å². The number of rotatable bonds is 11. The number of methoxy groups -OCH3 is 8. The SMILES string of the molecule is COc1ccc(C(=O)C2c3cc(OC)c(OC)cc3C(C)(O)CC23OC(c2ccc(OC)c(OC)c2)=Cc2cc(OC)c(OC)cc23)cc1OC. The Morgan fingerprint density at radius 2 is 1.12 bits per heavy atom. The number of hydrogen-bond donors (Lipinski definition) is 1. The van der Waals surface area contributed by atoms with Gasteiger partial charge in [-0.15, -0.1) is 0 Å². The van der Waals surface area contributed by atoms with Crippen LogP contribution < -0.4 is 37.9 Å². The lowest BCUT2D eigenvalue weighted by Crippen LogP contribution is -2.51. The van der Waals surface area contributed by atoms with Gasteiger partial charge in [0, 0.05) is 23.1 Å². The maximum Gasteiger partial charge on any atom is 0.174 e. The van der Waals surface area contributed by atoms with E-state index in [0.717, 1.165) is 0 Å². The highest BCUT2D eigenvalue weighted by Crippen LogP contribution is 2.61. The fourth-order valence-corrected chi connectivity index (χ4v) is 7.35. The van der Waals surface area contributed by atoms with Crippen LogP contribution in [0.15, 0.2) is 60.7 Å². The normalized spacial score (nSPS) is 20.2. The maximum absolute atomic E-state index is 15.3. The topological polar surface area (TPSA) is 120 Å². The zero-order valence-corrected chi connectivity index (χ0v) is 30.2. The molecule has 11 nitrogen and oxygen atoms in total. The third-order valence-electron chi connectivity index (χ3n) is 9.71. The highest BCUT2D eigenvalue weighted by Gasteiger charge is 2.59. The third-order valence-corrected chi connectivity index (χ3v) is 9.71. The lowest BCUT2D eigenvalue weighted by molar-refractivity contribution is -0.0852. The van der Waals surface area contributed by atoms with Crippen LogP contribution in [-0.2, 0) is 15.9 Å². The molecular formula is C40H42O11. The lowest BCUT2D eigenvalue weighted by Gasteiger charge is -2.51. The zero-order valence-electron chi connectivity index (χ0n) is 30.2. The lowest BCUT2D eigenvalue weighted by atomic mass is 9.60. The van der Waals surface area contributed by atoms with Crippen LogP contribution in [-0.4, -0.2) is 67.8 Å². The molecule has 0 saturated heterocycles. The van der Waals surface area contributed by atoms with Crippen LogP contribution in [0.2, 0.25) is 0 Å². The number of benzene rings is 4. The van der Waals surface area contributed by atoms with E-state index in [4.69, 9.17) is 42.6 Å². The number of carbonyl (C=O) groups excluding carboxylic acids is 1. The average molecular weight is 699 g/mol. The van der Waals surface area contributed by atoms with Gasteiger partial charge in [-0.2, -0.15) is 0 Å². The summed E-state index contributed by atoms with van der Waals surface area (Å²) in [6, 6.07) is 17.6. The number of aliphatic hydroxyl groups is 1. The molecule has 0 fully saturated rings. The highest BCUT2D eigenvalue weighted by molar-refractivity contribution is 6.04. The van der Waals surface area contributed by atoms with Gasteiger partial charge < -0.3 is 47.7 Å². The van der Waals surface area contributed by atoms with Crippen molar-refractivity contribution in [3.8, 4) is 46.0 Å². The van der Waals surface area contributed by atoms with E-state index in [9.17, 15) is 5.11 Å². The number of fused-ring (bicyclic) bond motifs is 3. The Labute approximate surface area is 297 Å². The fraction of sp³-hybridized carbons (Fsp3) is 0.325. The Bertz CT molecular complexity index is 2010. The first kappa shape index (κ1) is 35.3. The average Bonchev–Trinajstić information content (AvgIpc) is 3.15. The monoisotopic (exact) mass is 698 g/mol. The molecule has 2 aliphatic rings. The maximum atomic E-state index is 15.3. The molecule has 4 aromatic carbocycles. The minimum Gasteiger partial charge on any atom is -0.493 e. The molecule has 0 radical (unpaired) electrons. The van der Waals surface area contributed by atoms with Crippen molar-refractivity contribution < 1.29 is 52.5 Å². The van der Waals surface area contributed by atoms with Crippen LogP contribution in [0.5, 0.6) is 46.0 Å². The molecule has 51 heavy (non-hydrogen) atoms. The Hall–Kier alpha value is -5.55. The Kier molecular flexibility index (Phi) is 9.43. The summed E-state index contributed by atoms with van der Waals surface area (Å²) in [5.74, 6) is 2.66. The first-order valence-corrected chi connectivity index (χ1v) is 16.2. The summed E-state index contributed by atoms with van der Waals surface area (Å²) in [4.78, 5) is 15.3. The minimum absolute atomic E-state index is 0.0424. The Morgan fingerprint density at radius 3 is 1.71 bits per heavy atom. The molecule has 268 valence electrons. The summed E-state index contributed by atoms with van der Waals surface area (Å²) in [5, 5.41) is 12.5. The second kappa shape index (κ2) is 13.6. The van der Waals surface area contributed by atoms with Gasteiger partial charge >= 0.3 is 0 Å². The Balaban J connectivity index is 1.71. The van der Waals surface area contributed by atoms with Crippen molar-refractivity contribution >= 4 is 17.6 Å². The molecule has 1 heterocycles. The fourth-order valence-electron chi connectivity index (χ4n) is 7.35. The molecule has 4 aromatic rings. The predicted octanol–water partition coefficient (Wildman–Crippen LogP) is 6.76. The van der Waals surface area contributed by atoms with Crippen LogP contribution in [0.1, 0.15) is 57.4 Å². The van der Waals surface area contributed by atoms with Crippen molar-refractivity contribution in [2.75, 3.05) is 56.9 Å². The van der Waals surface area contributed by atoms with Gasteiger partial charge in [0.1, 0.15) is 5.76 Å². The molecular weight excluding hydrogens is 656 g/mol. The van der Waals surface area contributed by atoms with Gasteiger partial charge in [-0.25, -0.2) is 0 Å². The van der Waals surface area contributed by atoms with Crippen molar-refractivity contribution in [3.05, 3.63) is 94.0 Å². The quantitative estimate of drug-likeness (QED) is 0.167. The molecule has 0 aromatic heterocycles. The summed E-state index contributed by atoms with van der Waals surface area (Å²) < 4.78 is 52.4. The summed E-state index contributed by atoms with van der Waals surface area (Å²) in [7, 11) is 12.3. The van der Waals surface area contributed by atoms with Gasteiger partial charge in [0.25, 0.3) is 0 Å². The van der Waals surface area contributed by atoms with E-state index >= 15 is 4.79 Å². The molecule has 11 heteroatoms. The van der Waals surface area contributed by atoms with Gasteiger partial charge in [-0.05, 0) is 90.4 Å². The molecule has 1 spiro atoms. The van der Waals surface area contributed by atoms with Gasteiger partial charge in [0.15, 0.2) is 57.4 Å². The number of Topliss-reactive ketones (excluding diaryl/α,β-unsaturated/α-hetero) is 1. The standard InChI is InChI=1S/C40H42O11/c1-39(42)21-40(26-19-35(49-8)33(47-6)17-24(26)16-30(51-40)22-10-12-28(43-2)31(14-22)45-4)37(25-18-34(48-7)36(50-9)20-27(25)39)38(41)23-11-13-29(44-3)32(15-23)46-5/h10-20,37,42H,21H2,1-9H3. The van der Waals surface area contributed by atoms with E-state index < -0.39 is 17.1 Å². The first-order chi connectivity index (χ1) is 24.5. The van der Waals surface area contributed by atoms with E-state index in [1.807, 2.05) is 24.3 Å². The molecule has 0 bridgehead atoms. The van der Waals surface area contributed by atoms with Gasteiger partial charge in [-0.3, -0.25) is 4.79 Å². The number of ether oxygens (including phenoxy) is 9. The largest absolute Gasteiger partial charge is 0.493 e. The number of hydrogen-bond acceptors (Lipinski definition) is 11. The van der Waals surface area contributed by atoms with Crippen molar-refractivity contribution in [1.82, 2.24) is 0 Å². The molecule has 1 aliphatic heterocycles. The molecule has 0 saturated carbocycles. The van der Waals surface area contributed by atoms with Crippen LogP contribution in [0.25, 0.3) is 11.8 Å². The third kappa shape index (κ3) is 5.81. The smallest absolute Gasteiger partial charge is 0.174 e. The van der Waals surface area contributed by atoms with E-state index in [-0.39, 0.29) is 12.2 Å². The van der Waals surface area contributed by atoms with Crippen LogP contribution in [0.3, 0.4) is 0 Å². The second-order valence-electron chi connectivity index (χ2n) is 12.5. The predicted molar refractivity (Wildman–Crippen MR) is 190 cm³/mol. The van der Waals surface area contributed by atoms with E-state index in [1.165, 1.54) is 28.4 Å². The van der Waals surface area contributed by atoms with Crippen molar-refractivity contribution in [1.29, 1.82) is 0 Å². The van der Waals surface area contributed by atoms with Gasteiger partial charge in [0.05, 0.1) is 68.4 Å². The van der Waals surface area contributed by atoms with Crippen molar-refractivity contribution in [3.63, 3.8) is 0 Å². The highest BCUT2D eigenvalue weighted by atomic mass is 16.5. The number of ketones is 1. The Morgan fingerprint density at radius 1 is 0.627 bits per heavy atom. The van der Waals surface area contributed by atoms with Crippen molar-refractivity contribution in [2.45, 2.75) is 30.5 Å². The molecule has 1 N–H and O–H groups in total.